The van der Waals surface area contributed by atoms with Gasteiger partial charge in [-0.25, -0.2) is 13.1 Å². The molecule has 1 aromatic rings. The molecule has 1 aromatic carbocycles. The number of hydrogen-bond acceptors (Lipinski definition) is 4. The Bertz CT molecular complexity index is 618. The van der Waals surface area contributed by atoms with Crippen molar-refractivity contribution in [2.75, 3.05) is 33.0 Å². The topological polar surface area (TPSA) is 75.7 Å². The van der Waals surface area contributed by atoms with Crippen molar-refractivity contribution in [2.24, 2.45) is 5.92 Å². The van der Waals surface area contributed by atoms with Crippen LogP contribution in [0.5, 0.6) is 0 Å². The predicted octanol–water partition coefficient (Wildman–Crippen LogP) is 1.16. The molecule has 1 saturated heterocycles. The van der Waals surface area contributed by atoms with Gasteiger partial charge in [-0.05, 0) is 24.3 Å². The summed E-state index contributed by atoms with van der Waals surface area (Å²) in [5.41, 5.74) is 0.830. The van der Waals surface area contributed by atoms with Crippen LogP contribution < -0.4 is 4.72 Å². The highest BCUT2D eigenvalue weighted by Gasteiger charge is 2.30. The van der Waals surface area contributed by atoms with Crippen LogP contribution in [0, 0.1) is 5.92 Å². The summed E-state index contributed by atoms with van der Waals surface area (Å²) in [5.74, 6) is 0.0680. The minimum Gasteiger partial charge on any atom is -0.367 e. The minimum absolute atomic E-state index is 0.0669. The Morgan fingerprint density at radius 2 is 2.09 bits per heavy atom. The van der Waals surface area contributed by atoms with Gasteiger partial charge in [-0.3, -0.25) is 4.79 Å². The molecule has 0 spiro atoms. The van der Waals surface area contributed by atoms with Gasteiger partial charge in [0, 0.05) is 26.7 Å². The summed E-state index contributed by atoms with van der Waals surface area (Å²) in [4.78, 5) is 14.5. The fraction of sp³-hybridized carbons (Fsp3) is 0.562. The van der Waals surface area contributed by atoms with Crippen molar-refractivity contribution in [3.05, 3.63) is 35.9 Å². The molecule has 7 heteroatoms. The molecule has 1 aliphatic rings. The molecule has 0 aliphatic carbocycles. The quantitative estimate of drug-likeness (QED) is 0.843. The summed E-state index contributed by atoms with van der Waals surface area (Å²) < 4.78 is 30.4. The van der Waals surface area contributed by atoms with E-state index in [9.17, 15) is 13.2 Å². The van der Waals surface area contributed by atoms with Crippen LogP contribution in [0.3, 0.4) is 0 Å². The lowest BCUT2D eigenvalue weighted by atomic mass is 9.97. The second-order valence-corrected chi connectivity index (χ2v) is 7.77. The molecule has 1 amide bonds. The third-order valence-electron chi connectivity index (χ3n) is 4.03. The second-order valence-electron chi connectivity index (χ2n) is 5.94. The van der Waals surface area contributed by atoms with E-state index in [0.717, 1.165) is 24.7 Å². The zero-order valence-electron chi connectivity index (χ0n) is 13.6. The molecule has 0 bridgehead atoms. The molecular formula is C16H24N2O4S. The first-order valence-corrected chi connectivity index (χ1v) is 9.61. The summed E-state index contributed by atoms with van der Waals surface area (Å²) >= 11 is 0. The summed E-state index contributed by atoms with van der Waals surface area (Å²) in [6.07, 6.45) is 2.31. The van der Waals surface area contributed by atoms with Crippen LogP contribution in [0.25, 0.3) is 0 Å². The van der Waals surface area contributed by atoms with Crippen LogP contribution in [-0.2, 0) is 19.6 Å². The Morgan fingerprint density at radius 3 is 2.70 bits per heavy atom. The fourth-order valence-electron chi connectivity index (χ4n) is 2.87. The van der Waals surface area contributed by atoms with Gasteiger partial charge in [-0.1, -0.05) is 30.3 Å². The first-order valence-electron chi connectivity index (χ1n) is 7.72. The average molecular weight is 340 g/mol. The van der Waals surface area contributed by atoms with Crippen LogP contribution in [0.4, 0.5) is 0 Å². The van der Waals surface area contributed by atoms with Crippen molar-refractivity contribution < 1.29 is 17.9 Å². The number of piperidine rings is 1. The van der Waals surface area contributed by atoms with Crippen LogP contribution in [0.2, 0.25) is 0 Å². The van der Waals surface area contributed by atoms with Crippen LogP contribution in [0.1, 0.15) is 24.5 Å². The molecule has 0 radical (unpaired) electrons. The van der Waals surface area contributed by atoms with E-state index in [1.54, 1.807) is 4.90 Å². The molecule has 6 nitrogen and oxygen atoms in total. The number of ether oxygens (including phenoxy) is 1. The molecule has 128 valence electrons. The number of nitrogens with one attached hydrogen (secondary N) is 1. The Balaban J connectivity index is 2.00. The Hall–Kier alpha value is -1.44. The number of nitrogens with zero attached hydrogens (tertiary/aromatic N) is 1. The van der Waals surface area contributed by atoms with Crippen LogP contribution in [0.15, 0.2) is 30.3 Å². The number of sulfonamides is 1. The highest BCUT2D eigenvalue weighted by atomic mass is 32.2. The third kappa shape index (κ3) is 5.30. The Morgan fingerprint density at radius 1 is 1.39 bits per heavy atom. The van der Waals surface area contributed by atoms with Gasteiger partial charge in [0.15, 0.2) is 6.10 Å². The molecule has 0 aromatic heterocycles. The first kappa shape index (κ1) is 17.9. The van der Waals surface area contributed by atoms with Gasteiger partial charge in [0.25, 0.3) is 5.91 Å². The number of carbonyl (C=O) groups excluding carboxylic acids is 1. The smallest absolute Gasteiger partial charge is 0.256 e. The highest BCUT2D eigenvalue weighted by molar-refractivity contribution is 7.88. The average Bonchev–Trinajstić information content (AvgIpc) is 2.54. The van der Waals surface area contributed by atoms with Crippen molar-refractivity contribution in [1.82, 2.24) is 9.62 Å². The molecule has 1 N–H and O–H groups in total. The van der Waals surface area contributed by atoms with E-state index < -0.39 is 16.1 Å². The number of amides is 1. The van der Waals surface area contributed by atoms with Gasteiger partial charge < -0.3 is 9.64 Å². The number of benzene rings is 1. The van der Waals surface area contributed by atoms with Crippen LogP contribution in [-0.4, -0.2) is 52.2 Å². The van der Waals surface area contributed by atoms with Gasteiger partial charge in [0.05, 0.1) is 6.26 Å². The van der Waals surface area contributed by atoms with Gasteiger partial charge in [-0.2, -0.15) is 0 Å². The predicted molar refractivity (Wildman–Crippen MR) is 88.3 cm³/mol. The lowest BCUT2D eigenvalue weighted by Crippen LogP contribution is -2.45. The van der Waals surface area contributed by atoms with E-state index in [1.165, 1.54) is 7.11 Å². The number of carbonyl (C=O) groups is 1. The Labute approximate surface area is 137 Å². The zero-order chi connectivity index (χ0) is 16.9. The maximum atomic E-state index is 12.7. The monoisotopic (exact) mass is 340 g/mol. The van der Waals surface area contributed by atoms with E-state index in [1.807, 2.05) is 30.3 Å². The normalized spacial score (nSPS) is 20.3. The number of hydrogen-bond donors (Lipinski definition) is 1. The molecule has 0 unspecified atom stereocenters. The summed E-state index contributed by atoms with van der Waals surface area (Å²) in [6, 6.07) is 9.40. The van der Waals surface area contributed by atoms with Gasteiger partial charge in [-0.15, -0.1) is 0 Å². The van der Waals surface area contributed by atoms with E-state index in [0.29, 0.717) is 19.6 Å². The maximum Gasteiger partial charge on any atom is 0.256 e. The van der Waals surface area contributed by atoms with E-state index in [2.05, 4.69) is 4.72 Å². The second kappa shape index (κ2) is 7.90. The zero-order valence-corrected chi connectivity index (χ0v) is 14.4. The number of methoxy groups -OCH3 is 1. The largest absolute Gasteiger partial charge is 0.367 e. The van der Waals surface area contributed by atoms with Crippen molar-refractivity contribution in [3.63, 3.8) is 0 Å². The molecule has 23 heavy (non-hydrogen) atoms. The van der Waals surface area contributed by atoms with Gasteiger partial charge in [0.1, 0.15) is 0 Å². The lowest BCUT2D eigenvalue weighted by molar-refractivity contribution is -0.144. The molecule has 1 aliphatic heterocycles. The van der Waals surface area contributed by atoms with Gasteiger partial charge in [0.2, 0.25) is 10.0 Å². The minimum atomic E-state index is -3.20. The van der Waals surface area contributed by atoms with Crippen molar-refractivity contribution in [3.8, 4) is 0 Å². The summed E-state index contributed by atoms with van der Waals surface area (Å²) in [7, 11) is -1.67. The third-order valence-corrected chi connectivity index (χ3v) is 4.72. The SMILES string of the molecule is CO[C@H](C(=O)N1CCC[C@@H](CNS(C)(=O)=O)C1)c1ccccc1. The highest BCUT2D eigenvalue weighted by Crippen LogP contribution is 2.23. The maximum absolute atomic E-state index is 12.7. The summed E-state index contributed by atoms with van der Waals surface area (Å²) in [6.45, 7) is 1.60. The van der Waals surface area contributed by atoms with E-state index >= 15 is 0 Å². The molecule has 1 heterocycles. The van der Waals surface area contributed by atoms with Gasteiger partial charge >= 0.3 is 0 Å². The molecule has 2 atom stereocenters. The van der Waals surface area contributed by atoms with Crippen molar-refractivity contribution in [1.29, 1.82) is 0 Å². The molecule has 2 rings (SSSR count). The van der Waals surface area contributed by atoms with E-state index in [4.69, 9.17) is 4.74 Å². The fourth-order valence-corrected chi connectivity index (χ4v) is 3.41. The van der Waals surface area contributed by atoms with Crippen molar-refractivity contribution >= 4 is 15.9 Å². The summed E-state index contributed by atoms with van der Waals surface area (Å²) in [5, 5.41) is 0. The molecular weight excluding hydrogens is 316 g/mol. The Kier molecular flexibility index (Phi) is 6.15. The molecule has 1 fully saturated rings. The molecule has 0 saturated carbocycles. The van der Waals surface area contributed by atoms with Crippen molar-refractivity contribution in [2.45, 2.75) is 18.9 Å². The number of likely N-dealkylation sites (tertiary alicyclic amines) is 1. The first-order chi connectivity index (χ1) is 10.9. The standard InChI is InChI=1S/C16H24N2O4S/c1-22-15(14-8-4-3-5-9-14)16(19)18-10-6-7-13(12-18)11-17-23(2,20)21/h3-5,8-9,13,15,17H,6-7,10-12H2,1-2H3/t13-,15-/m0/s1. The number of rotatable bonds is 6. The lowest BCUT2D eigenvalue weighted by Gasteiger charge is -2.34. The van der Waals surface area contributed by atoms with E-state index in [-0.39, 0.29) is 11.8 Å². The van der Waals surface area contributed by atoms with Crippen LogP contribution >= 0.6 is 0 Å².